The van der Waals surface area contributed by atoms with Crippen LogP contribution in [0.25, 0.3) is 0 Å². The number of nitrogens with one attached hydrogen (secondary N) is 2. The van der Waals surface area contributed by atoms with Gasteiger partial charge in [-0.15, -0.1) is 0 Å². The molecule has 1 fully saturated rings. The Balaban J connectivity index is 1.73. The fourth-order valence-electron chi connectivity index (χ4n) is 2.91. The number of amides is 5. The average molecular weight is 402 g/mol. The van der Waals surface area contributed by atoms with Gasteiger partial charge in [-0.1, -0.05) is 6.07 Å². The largest absolute Gasteiger partial charge is 0.366 e. The van der Waals surface area contributed by atoms with Crippen LogP contribution in [0.15, 0.2) is 42.5 Å². The molecule has 4 N–H and O–H groups in total. The van der Waals surface area contributed by atoms with Crippen LogP contribution in [0.2, 0.25) is 0 Å². The van der Waals surface area contributed by atoms with Crippen molar-refractivity contribution in [3.8, 4) is 0 Å². The lowest BCUT2D eigenvalue weighted by Crippen LogP contribution is -2.42. The Labute approximate surface area is 163 Å². The number of carbonyl (C=O) groups is 4. The van der Waals surface area contributed by atoms with E-state index in [1.54, 1.807) is 0 Å². The van der Waals surface area contributed by atoms with E-state index >= 15 is 0 Å². The third-order valence-electron chi connectivity index (χ3n) is 4.53. The van der Waals surface area contributed by atoms with E-state index in [1.807, 2.05) is 0 Å². The summed E-state index contributed by atoms with van der Waals surface area (Å²) < 4.78 is 26.7. The van der Waals surface area contributed by atoms with Crippen LogP contribution in [0.3, 0.4) is 0 Å². The quantitative estimate of drug-likeness (QED) is 0.656. The monoisotopic (exact) mass is 402 g/mol. The summed E-state index contributed by atoms with van der Waals surface area (Å²) in [5, 5.41) is 4.88. The van der Waals surface area contributed by atoms with E-state index in [-0.39, 0.29) is 11.1 Å². The van der Waals surface area contributed by atoms with Crippen molar-refractivity contribution in [2.45, 2.75) is 12.5 Å². The van der Waals surface area contributed by atoms with Crippen LogP contribution in [0.5, 0.6) is 0 Å². The number of halogens is 2. The fraction of sp³-hybridized carbons (Fsp3) is 0.158. The van der Waals surface area contributed by atoms with E-state index in [4.69, 9.17) is 5.73 Å². The predicted octanol–water partition coefficient (Wildman–Crippen LogP) is 1.47. The highest BCUT2D eigenvalue weighted by molar-refractivity contribution is 6.10. The number of hydrogen-bond acceptors (Lipinski definition) is 4. The number of benzene rings is 2. The van der Waals surface area contributed by atoms with Gasteiger partial charge >= 0.3 is 6.03 Å². The van der Waals surface area contributed by atoms with Crippen molar-refractivity contribution in [1.82, 2.24) is 10.2 Å². The molecule has 0 saturated carbocycles. The van der Waals surface area contributed by atoms with Crippen molar-refractivity contribution in [1.29, 1.82) is 0 Å². The molecule has 1 saturated heterocycles. The molecule has 8 nitrogen and oxygen atoms in total. The van der Waals surface area contributed by atoms with Gasteiger partial charge in [0.1, 0.15) is 12.1 Å². The molecule has 2 aromatic rings. The van der Waals surface area contributed by atoms with Crippen molar-refractivity contribution < 1.29 is 28.0 Å². The highest BCUT2D eigenvalue weighted by Crippen LogP contribution is 2.29. The normalized spacial score (nSPS) is 18.5. The van der Waals surface area contributed by atoms with E-state index < -0.39 is 47.5 Å². The molecule has 2 aromatic carbocycles. The number of anilines is 1. The minimum atomic E-state index is -1.64. The second kappa shape index (κ2) is 7.30. The smallest absolute Gasteiger partial charge is 0.325 e. The predicted molar refractivity (Wildman–Crippen MR) is 97.5 cm³/mol. The summed E-state index contributed by atoms with van der Waals surface area (Å²) in [5.41, 5.74) is 4.11. The van der Waals surface area contributed by atoms with Crippen LogP contribution < -0.4 is 16.4 Å². The van der Waals surface area contributed by atoms with Crippen molar-refractivity contribution in [2.24, 2.45) is 5.73 Å². The molecular formula is C19H16F2N4O4. The van der Waals surface area contributed by atoms with Gasteiger partial charge in [-0.05, 0) is 48.9 Å². The molecule has 150 valence electrons. The number of urea groups is 1. The molecule has 1 atom stereocenters. The van der Waals surface area contributed by atoms with Crippen LogP contribution >= 0.6 is 0 Å². The molecule has 1 aliphatic rings. The molecule has 10 heteroatoms. The SMILES string of the molecule is C[C@@]1(c2ccc(F)c(F)c2)NC(=O)N(CC(=O)Nc2ccc(C(N)=O)cc2)C1=O. The fourth-order valence-corrected chi connectivity index (χ4v) is 2.91. The number of nitrogens with zero attached hydrogens (tertiary/aromatic N) is 1. The molecule has 1 aliphatic heterocycles. The van der Waals surface area contributed by atoms with E-state index in [2.05, 4.69) is 10.6 Å². The van der Waals surface area contributed by atoms with E-state index in [1.165, 1.54) is 37.3 Å². The van der Waals surface area contributed by atoms with Gasteiger partial charge in [-0.3, -0.25) is 19.3 Å². The zero-order valence-corrected chi connectivity index (χ0v) is 15.2. The number of imide groups is 1. The van der Waals surface area contributed by atoms with Gasteiger partial charge in [0.05, 0.1) is 0 Å². The lowest BCUT2D eigenvalue weighted by Gasteiger charge is -2.22. The van der Waals surface area contributed by atoms with Gasteiger partial charge in [0.15, 0.2) is 11.6 Å². The summed E-state index contributed by atoms with van der Waals surface area (Å²) in [6.45, 7) is 0.738. The Morgan fingerprint density at radius 3 is 2.34 bits per heavy atom. The third-order valence-corrected chi connectivity index (χ3v) is 4.53. The van der Waals surface area contributed by atoms with Gasteiger partial charge in [0.25, 0.3) is 5.91 Å². The molecule has 0 radical (unpaired) electrons. The molecule has 0 bridgehead atoms. The lowest BCUT2D eigenvalue weighted by molar-refractivity contribution is -0.133. The maximum Gasteiger partial charge on any atom is 0.325 e. The van der Waals surface area contributed by atoms with Gasteiger partial charge in [-0.2, -0.15) is 0 Å². The van der Waals surface area contributed by atoms with E-state index in [0.29, 0.717) is 10.6 Å². The average Bonchev–Trinajstić information content (AvgIpc) is 2.88. The molecule has 29 heavy (non-hydrogen) atoms. The topological polar surface area (TPSA) is 122 Å². The summed E-state index contributed by atoms with van der Waals surface area (Å²) in [7, 11) is 0. The third kappa shape index (κ3) is 3.77. The molecule has 3 rings (SSSR count). The van der Waals surface area contributed by atoms with Gasteiger partial charge in [-0.25, -0.2) is 13.6 Å². The Hall–Kier alpha value is -3.82. The number of nitrogens with two attached hydrogens (primary N) is 1. The van der Waals surface area contributed by atoms with E-state index in [9.17, 15) is 28.0 Å². The van der Waals surface area contributed by atoms with Gasteiger partial charge < -0.3 is 16.4 Å². The van der Waals surface area contributed by atoms with Crippen LogP contribution in [-0.2, 0) is 15.1 Å². The van der Waals surface area contributed by atoms with Crippen molar-refractivity contribution >= 4 is 29.4 Å². The number of rotatable bonds is 5. The van der Waals surface area contributed by atoms with Crippen molar-refractivity contribution in [3.63, 3.8) is 0 Å². The first kappa shape index (κ1) is 19.9. The van der Waals surface area contributed by atoms with Crippen LogP contribution in [-0.4, -0.2) is 35.2 Å². The van der Waals surface area contributed by atoms with Crippen LogP contribution in [0.4, 0.5) is 19.3 Å². The highest BCUT2D eigenvalue weighted by Gasteiger charge is 2.49. The molecule has 0 spiro atoms. The number of hydrogen-bond donors (Lipinski definition) is 3. The Bertz CT molecular complexity index is 1030. The first-order valence-electron chi connectivity index (χ1n) is 8.41. The number of primary amides is 1. The molecular weight excluding hydrogens is 386 g/mol. The summed E-state index contributed by atoms with van der Waals surface area (Å²) in [6, 6.07) is 7.70. The summed E-state index contributed by atoms with van der Waals surface area (Å²) in [6.07, 6.45) is 0. The molecule has 5 amide bonds. The van der Waals surface area contributed by atoms with Crippen LogP contribution in [0.1, 0.15) is 22.8 Å². The number of carbonyl (C=O) groups excluding carboxylic acids is 4. The van der Waals surface area contributed by atoms with E-state index in [0.717, 1.165) is 12.1 Å². The Morgan fingerprint density at radius 2 is 1.76 bits per heavy atom. The first-order chi connectivity index (χ1) is 13.6. The Morgan fingerprint density at radius 1 is 1.10 bits per heavy atom. The zero-order chi connectivity index (χ0) is 21.3. The molecule has 0 unspecified atom stereocenters. The van der Waals surface area contributed by atoms with Crippen molar-refractivity contribution in [3.05, 3.63) is 65.2 Å². The lowest BCUT2D eigenvalue weighted by atomic mass is 9.92. The standard InChI is InChI=1S/C19H16F2N4O4/c1-19(11-4-7-13(20)14(21)8-11)17(28)25(18(29)24-19)9-15(26)23-12-5-2-10(3-6-12)16(22)27/h2-8H,9H2,1H3,(H2,22,27)(H,23,26)(H,24,29)/t19-/m0/s1. The molecule has 0 aromatic heterocycles. The minimum Gasteiger partial charge on any atom is -0.366 e. The maximum absolute atomic E-state index is 13.5. The maximum atomic E-state index is 13.5. The molecule has 0 aliphatic carbocycles. The first-order valence-corrected chi connectivity index (χ1v) is 8.41. The van der Waals surface area contributed by atoms with Gasteiger partial charge in [0, 0.05) is 11.3 Å². The van der Waals surface area contributed by atoms with Gasteiger partial charge in [0.2, 0.25) is 11.8 Å². The minimum absolute atomic E-state index is 0.0414. The Kier molecular flexibility index (Phi) is 5.02. The van der Waals surface area contributed by atoms with Crippen LogP contribution in [0, 0.1) is 11.6 Å². The molecule has 1 heterocycles. The highest BCUT2D eigenvalue weighted by atomic mass is 19.2. The summed E-state index contributed by atoms with van der Waals surface area (Å²) in [4.78, 5) is 48.9. The second-order valence-electron chi connectivity index (χ2n) is 6.57. The van der Waals surface area contributed by atoms with Crippen molar-refractivity contribution in [2.75, 3.05) is 11.9 Å². The summed E-state index contributed by atoms with van der Waals surface area (Å²) >= 11 is 0. The summed E-state index contributed by atoms with van der Waals surface area (Å²) in [5.74, 6) is -4.34. The zero-order valence-electron chi connectivity index (χ0n) is 15.2. The second-order valence-corrected chi connectivity index (χ2v) is 6.57.